The van der Waals surface area contributed by atoms with Crippen molar-refractivity contribution in [1.82, 2.24) is 36.0 Å². The van der Waals surface area contributed by atoms with Crippen molar-refractivity contribution in [3.8, 4) is 0 Å². The highest BCUT2D eigenvalue weighted by molar-refractivity contribution is 5.98. The molecule has 3 rings (SSSR count). The van der Waals surface area contributed by atoms with Crippen molar-refractivity contribution in [2.24, 2.45) is 50.1 Å². The van der Waals surface area contributed by atoms with Gasteiger partial charge in [-0.2, -0.15) is 0 Å². The number of hydrogen-bond acceptors (Lipinski definition) is 14. The molecule has 26 nitrogen and oxygen atoms in total. The Balaban J connectivity index is 1.87. The van der Waals surface area contributed by atoms with Crippen molar-refractivity contribution >= 4 is 59.2 Å². The van der Waals surface area contributed by atoms with Crippen LogP contribution in [-0.4, -0.2) is 185 Å². The SMILES string of the molecule is NCCCCC(NC(=O)C1CCCN1C(=O)C(N)CO)C(=O)NC(CCCN=C(N)N)C(=O)NC(CCCCN)C(=O)N1CCCC1C(=O)NC(CCCN=C(N)N)C(=O)N1CCCC1C(=O)O. The number of hydrogen-bond donors (Lipinski definition) is 13. The zero-order valence-electron chi connectivity index (χ0n) is 39.0. The van der Waals surface area contributed by atoms with Crippen molar-refractivity contribution in [3.05, 3.63) is 0 Å². The molecular weight excluding hydrogens is 889 g/mol. The molecule has 20 N–H and O–H groups in total. The first kappa shape index (κ1) is 56.5. The van der Waals surface area contributed by atoms with E-state index in [0.717, 1.165) is 0 Å². The van der Waals surface area contributed by atoms with E-state index in [-0.39, 0.29) is 96.0 Å². The van der Waals surface area contributed by atoms with Gasteiger partial charge in [-0.15, -0.1) is 0 Å². The molecule has 26 heteroatoms. The summed E-state index contributed by atoms with van der Waals surface area (Å²) in [6.45, 7) is 0.802. The molecule has 8 atom stereocenters. The summed E-state index contributed by atoms with van der Waals surface area (Å²) >= 11 is 0. The number of likely N-dealkylation sites (tertiary alicyclic amines) is 3. The van der Waals surface area contributed by atoms with Crippen LogP contribution in [-0.2, 0) is 38.4 Å². The number of aliphatic carboxylic acids is 1. The number of rotatable bonds is 29. The van der Waals surface area contributed by atoms with Crippen molar-refractivity contribution in [2.45, 2.75) is 151 Å². The van der Waals surface area contributed by atoms with Gasteiger partial charge in [-0.25, -0.2) is 4.79 Å². The maximum atomic E-state index is 14.5. The number of carbonyl (C=O) groups excluding carboxylic acids is 7. The quantitative estimate of drug-likeness (QED) is 0.0189. The number of nitrogens with zero attached hydrogens (tertiary/aromatic N) is 5. The molecule has 7 amide bonds. The van der Waals surface area contributed by atoms with Crippen LogP contribution in [0.4, 0.5) is 0 Å². The average molecular weight is 965 g/mol. The number of amides is 7. The van der Waals surface area contributed by atoms with Crippen LogP contribution in [0.5, 0.6) is 0 Å². The van der Waals surface area contributed by atoms with Crippen LogP contribution >= 0.6 is 0 Å². The number of unbranched alkanes of at least 4 members (excludes halogenated alkanes) is 2. The van der Waals surface area contributed by atoms with Crippen molar-refractivity contribution in [1.29, 1.82) is 0 Å². The number of aliphatic imine (C=N–C) groups is 2. The first-order valence-electron chi connectivity index (χ1n) is 23.7. The average Bonchev–Trinajstić information content (AvgIpc) is 4.11. The number of nitrogens with two attached hydrogens (primary N) is 7. The van der Waals surface area contributed by atoms with Gasteiger partial charge in [0.05, 0.1) is 6.61 Å². The summed E-state index contributed by atoms with van der Waals surface area (Å²) in [7, 11) is 0. The van der Waals surface area contributed by atoms with E-state index < -0.39 is 102 Å². The van der Waals surface area contributed by atoms with Gasteiger partial charge >= 0.3 is 5.97 Å². The summed E-state index contributed by atoms with van der Waals surface area (Å²) in [5.74, 6) is -5.97. The summed E-state index contributed by atoms with van der Waals surface area (Å²) in [5.41, 5.74) is 39.3. The normalized spacial score (nSPS) is 20.1. The first-order chi connectivity index (χ1) is 32.4. The monoisotopic (exact) mass is 965 g/mol. The lowest BCUT2D eigenvalue weighted by molar-refractivity contribution is -0.150. The van der Waals surface area contributed by atoms with Crippen LogP contribution in [0.1, 0.15) is 103 Å². The molecular formula is C42H76N16O10. The Morgan fingerprint density at radius 2 is 0.897 bits per heavy atom. The van der Waals surface area contributed by atoms with Crippen LogP contribution in [0.15, 0.2) is 9.98 Å². The van der Waals surface area contributed by atoms with Gasteiger partial charge in [0.1, 0.15) is 48.3 Å². The molecule has 3 aliphatic rings. The Hall–Kier alpha value is -5.86. The van der Waals surface area contributed by atoms with Crippen LogP contribution in [0.3, 0.4) is 0 Å². The van der Waals surface area contributed by atoms with Crippen molar-refractivity contribution < 1.29 is 48.6 Å². The molecule has 0 aromatic rings. The van der Waals surface area contributed by atoms with E-state index in [1.54, 1.807) is 0 Å². The van der Waals surface area contributed by atoms with Crippen LogP contribution < -0.4 is 61.4 Å². The fraction of sp³-hybridized carbons (Fsp3) is 0.762. The van der Waals surface area contributed by atoms with Gasteiger partial charge in [0.25, 0.3) is 0 Å². The van der Waals surface area contributed by atoms with E-state index in [1.165, 1.54) is 14.7 Å². The van der Waals surface area contributed by atoms with Crippen molar-refractivity contribution in [3.63, 3.8) is 0 Å². The smallest absolute Gasteiger partial charge is 0.326 e. The topological polar surface area (TPSA) is 442 Å². The second-order valence-electron chi connectivity index (χ2n) is 17.4. The lowest BCUT2D eigenvalue weighted by atomic mass is 10.0. The molecule has 3 fully saturated rings. The van der Waals surface area contributed by atoms with Gasteiger partial charge in [0.2, 0.25) is 41.4 Å². The molecule has 0 radical (unpaired) electrons. The second kappa shape index (κ2) is 29.1. The third kappa shape index (κ3) is 17.3. The number of guanidine groups is 2. The number of carboxylic acids is 1. The minimum absolute atomic E-state index is 0.00141. The van der Waals surface area contributed by atoms with Gasteiger partial charge in [0, 0.05) is 32.7 Å². The predicted molar refractivity (Wildman–Crippen MR) is 250 cm³/mol. The van der Waals surface area contributed by atoms with Gasteiger partial charge in [-0.05, 0) is 116 Å². The maximum Gasteiger partial charge on any atom is 0.326 e. The van der Waals surface area contributed by atoms with Gasteiger partial charge in [-0.3, -0.25) is 43.5 Å². The summed E-state index contributed by atoms with van der Waals surface area (Å²) in [6, 6.07) is -9.04. The van der Waals surface area contributed by atoms with Crippen LogP contribution in [0.2, 0.25) is 0 Å². The van der Waals surface area contributed by atoms with E-state index >= 15 is 0 Å². The summed E-state index contributed by atoms with van der Waals surface area (Å²) in [5, 5.41) is 30.3. The molecule has 8 unspecified atom stereocenters. The molecule has 384 valence electrons. The van der Waals surface area contributed by atoms with E-state index in [1.807, 2.05) is 0 Å². The first-order valence-corrected chi connectivity index (χ1v) is 23.7. The lowest BCUT2D eigenvalue weighted by Crippen LogP contribution is -2.60. The third-order valence-electron chi connectivity index (χ3n) is 12.3. The highest BCUT2D eigenvalue weighted by atomic mass is 16.4. The molecule has 68 heavy (non-hydrogen) atoms. The van der Waals surface area contributed by atoms with Crippen molar-refractivity contribution in [2.75, 3.05) is 52.4 Å². The molecule has 0 spiro atoms. The Labute approximate surface area is 396 Å². The van der Waals surface area contributed by atoms with E-state index in [4.69, 9.17) is 40.1 Å². The largest absolute Gasteiger partial charge is 0.480 e. The van der Waals surface area contributed by atoms with E-state index in [9.17, 15) is 48.6 Å². The Morgan fingerprint density at radius 1 is 0.529 bits per heavy atom. The summed E-state index contributed by atoms with van der Waals surface area (Å²) in [6.07, 6.45) is 4.84. The lowest BCUT2D eigenvalue weighted by Gasteiger charge is -2.32. The number of nitrogens with one attached hydrogen (secondary N) is 4. The molecule has 0 aromatic heterocycles. The molecule has 3 heterocycles. The van der Waals surface area contributed by atoms with Crippen LogP contribution in [0.25, 0.3) is 0 Å². The number of carbonyl (C=O) groups is 8. The van der Waals surface area contributed by atoms with E-state index in [0.29, 0.717) is 64.5 Å². The zero-order chi connectivity index (χ0) is 50.3. The van der Waals surface area contributed by atoms with Gasteiger partial charge in [0.15, 0.2) is 11.9 Å². The molecule has 0 bridgehead atoms. The molecule has 3 aliphatic heterocycles. The van der Waals surface area contributed by atoms with E-state index in [2.05, 4.69) is 31.3 Å². The number of aliphatic hydroxyl groups excluding tert-OH is 1. The Morgan fingerprint density at radius 3 is 1.35 bits per heavy atom. The minimum atomic E-state index is -1.27. The zero-order valence-corrected chi connectivity index (χ0v) is 39.0. The molecule has 0 aliphatic carbocycles. The molecule has 0 aromatic carbocycles. The fourth-order valence-corrected chi connectivity index (χ4v) is 8.71. The fourth-order valence-electron chi connectivity index (χ4n) is 8.71. The summed E-state index contributed by atoms with van der Waals surface area (Å²) < 4.78 is 0. The predicted octanol–water partition coefficient (Wildman–Crippen LogP) is -5.33. The highest BCUT2D eigenvalue weighted by Crippen LogP contribution is 2.24. The third-order valence-corrected chi connectivity index (χ3v) is 12.3. The molecule has 3 saturated heterocycles. The summed E-state index contributed by atoms with van der Waals surface area (Å²) in [4.78, 5) is 121. The number of carboxylic acid groups (broad SMARTS) is 1. The minimum Gasteiger partial charge on any atom is -0.480 e. The second-order valence-corrected chi connectivity index (χ2v) is 17.4. The van der Waals surface area contributed by atoms with Gasteiger partial charge < -0.3 is 86.3 Å². The number of aliphatic hydroxyl groups is 1. The van der Waals surface area contributed by atoms with Crippen LogP contribution in [0, 0.1) is 0 Å². The highest BCUT2D eigenvalue weighted by Gasteiger charge is 2.42. The molecule has 0 saturated carbocycles. The Kier molecular flexibility index (Phi) is 24.2. The van der Waals surface area contributed by atoms with Gasteiger partial charge in [-0.1, -0.05) is 0 Å². The Bertz CT molecular complexity index is 1780. The standard InChI is InChI=1S/C42H76N16O10/c43-17-3-1-10-26(53-35(62)30-14-7-21-56(30)37(64)25(45)24-59)33(60)52-27(12-5-19-50-41(46)47)34(61)54-28(11-2-4-18-44)38(65)57-22-8-15-31(57)36(63)55-29(13-6-20-51-42(48)49)39(66)58-23-9-16-32(58)40(67)68/h25-32,59H,1-24,43-45H2,(H,52,60)(H,53,62)(H,54,61)(H,55,63)(H,67,68)(H4,46,47,50)(H4,48,49,51). The maximum absolute atomic E-state index is 14.5.